The normalized spacial score (nSPS) is 16.5. The third-order valence-electron chi connectivity index (χ3n) is 4.35. The number of amides is 1. The Hall–Kier alpha value is -2.54. The van der Waals surface area contributed by atoms with E-state index in [0.717, 1.165) is 36.5 Å². The molecule has 1 fully saturated rings. The number of rotatable bonds is 3. The largest absolute Gasteiger partial charge is 0.426 e. The lowest BCUT2D eigenvalue weighted by Gasteiger charge is -2.23. The van der Waals surface area contributed by atoms with Crippen molar-refractivity contribution in [2.24, 2.45) is 0 Å². The summed E-state index contributed by atoms with van der Waals surface area (Å²) in [6, 6.07) is 15.8. The van der Waals surface area contributed by atoms with Crippen molar-refractivity contribution in [3.63, 3.8) is 0 Å². The molecule has 0 aliphatic heterocycles. The Labute approximate surface area is 136 Å². The van der Waals surface area contributed by atoms with Gasteiger partial charge in [-0.3, -0.25) is 0 Å². The van der Waals surface area contributed by atoms with Gasteiger partial charge in [-0.05, 0) is 29.7 Å². The number of nitrogens with zero attached hydrogens (tertiary/aromatic N) is 1. The number of carbonyl (C=O) groups excluding carboxylic acids is 1. The van der Waals surface area contributed by atoms with Gasteiger partial charge in [-0.15, -0.1) is 0 Å². The third-order valence-corrected chi connectivity index (χ3v) is 4.35. The SMILES string of the molecule is N#CC(OC(=O)NC1CCCCC1)c1ccc2ccccc2c1. The zero-order valence-corrected chi connectivity index (χ0v) is 13.0. The van der Waals surface area contributed by atoms with E-state index in [9.17, 15) is 10.1 Å². The Morgan fingerprint density at radius 3 is 2.61 bits per heavy atom. The van der Waals surface area contributed by atoms with Gasteiger partial charge in [0.15, 0.2) is 0 Å². The molecular formula is C19H20N2O2. The Kier molecular flexibility index (Phi) is 4.77. The number of ether oxygens (including phenoxy) is 1. The maximum atomic E-state index is 12.0. The molecule has 0 bridgehead atoms. The fourth-order valence-electron chi connectivity index (χ4n) is 3.09. The molecule has 1 aliphatic rings. The van der Waals surface area contributed by atoms with Crippen molar-refractivity contribution >= 4 is 16.9 Å². The number of alkyl carbamates (subject to hydrolysis) is 1. The van der Waals surface area contributed by atoms with Crippen molar-refractivity contribution in [2.75, 3.05) is 0 Å². The minimum Gasteiger partial charge on any atom is -0.426 e. The van der Waals surface area contributed by atoms with Gasteiger partial charge in [-0.1, -0.05) is 55.7 Å². The monoisotopic (exact) mass is 308 g/mol. The van der Waals surface area contributed by atoms with Crippen LogP contribution in [0.15, 0.2) is 42.5 Å². The van der Waals surface area contributed by atoms with Gasteiger partial charge in [0.2, 0.25) is 6.10 Å². The van der Waals surface area contributed by atoms with Gasteiger partial charge >= 0.3 is 6.09 Å². The molecule has 1 atom stereocenters. The van der Waals surface area contributed by atoms with Crippen molar-refractivity contribution in [2.45, 2.75) is 44.2 Å². The van der Waals surface area contributed by atoms with E-state index in [0.29, 0.717) is 5.56 Å². The molecule has 0 radical (unpaired) electrons. The molecule has 0 aromatic heterocycles. The van der Waals surface area contributed by atoms with Gasteiger partial charge in [-0.2, -0.15) is 5.26 Å². The van der Waals surface area contributed by atoms with Crippen molar-refractivity contribution in [1.29, 1.82) is 5.26 Å². The molecule has 1 amide bonds. The quantitative estimate of drug-likeness (QED) is 0.910. The van der Waals surface area contributed by atoms with Crippen LogP contribution >= 0.6 is 0 Å². The summed E-state index contributed by atoms with van der Waals surface area (Å²) in [7, 11) is 0. The molecule has 1 saturated carbocycles. The van der Waals surface area contributed by atoms with Crippen LogP contribution in [0.1, 0.15) is 43.8 Å². The predicted molar refractivity (Wildman–Crippen MR) is 88.8 cm³/mol. The number of nitrogens with one attached hydrogen (secondary N) is 1. The summed E-state index contributed by atoms with van der Waals surface area (Å²) in [5.41, 5.74) is 0.699. The van der Waals surface area contributed by atoms with Crippen LogP contribution in [0.3, 0.4) is 0 Å². The van der Waals surface area contributed by atoms with E-state index in [4.69, 9.17) is 4.74 Å². The van der Waals surface area contributed by atoms with Crippen LogP contribution in [0, 0.1) is 11.3 Å². The minimum absolute atomic E-state index is 0.173. The van der Waals surface area contributed by atoms with E-state index in [1.165, 1.54) is 6.42 Å². The first-order valence-corrected chi connectivity index (χ1v) is 8.12. The lowest BCUT2D eigenvalue weighted by molar-refractivity contribution is 0.117. The van der Waals surface area contributed by atoms with Crippen molar-refractivity contribution < 1.29 is 9.53 Å². The van der Waals surface area contributed by atoms with Crippen LogP contribution in [0.25, 0.3) is 10.8 Å². The second-order valence-electron chi connectivity index (χ2n) is 6.00. The first-order valence-electron chi connectivity index (χ1n) is 8.12. The molecule has 1 unspecified atom stereocenters. The maximum absolute atomic E-state index is 12.0. The van der Waals surface area contributed by atoms with E-state index >= 15 is 0 Å². The molecule has 4 nitrogen and oxygen atoms in total. The highest BCUT2D eigenvalue weighted by Gasteiger charge is 2.20. The molecule has 3 rings (SSSR count). The average Bonchev–Trinajstić information content (AvgIpc) is 2.60. The van der Waals surface area contributed by atoms with Crippen molar-refractivity contribution in [3.8, 4) is 6.07 Å². The smallest absolute Gasteiger partial charge is 0.409 e. The molecule has 23 heavy (non-hydrogen) atoms. The number of carbonyl (C=O) groups is 1. The molecule has 4 heteroatoms. The van der Waals surface area contributed by atoms with E-state index in [1.54, 1.807) is 0 Å². The standard InChI is InChI=1S/C19H20N2O2/c20-13-18(23-19(22)21-17-8-2-1-3-9-17)16-11-10-14-6-4-5-7-15(14)12-16/h4-7,10-12,17-18H,1-3,8-9H2,(H,21,22). The van der Waals surface area contributed by atoms with E-state index < -0.39 is 12.2 Å². The molecule has 0 heterocycles. The molecule has 0 saturated heterocycles. The molecule has 118 valence electrons. The van der Waals surface area contributed by atoms with Crippen molar-refractivity contribution in [1.82, 2.24) is 5.32 Å². The van der Waals surface area contributed by atoms with Gasteiger partial charge in [-0.25, -0.2) is 4.79 Å². The molecule has 2 aromatic carbocycles. The van der Waals surface area contributed by atoms with E-state index in [1.807, 2.05) is 42.5 Å². The van der Waals surface area contributed by atoms with Gasteiger partial charge in [0.1, 0.15) is 6.07 Å². The Morgan fingerprint density at radius 1 is 1.13 bits per heavy atom. The second-order valence-corrected chi connectivity index (χ2v) is 6.00. The summed E-state index contributed by atoms with van der Waals surface area (Å²) >= 11 is 0. The van der Waals surface area contributed by atoms with Crippen LogP contribution in [0.4, 0.5) is 4.79 Å². The van der Waals surface area contributed by atoms with Crippen LogP contribution in [-0.4, -0.2) is 12.1 Å². The fourth-order valence-corrected chi connectivity index (χ4v) is 3.09. The number of hydrogen-bond acceptors (Lipinski definition) is 3. The van der Waals surface area contributed by atoms with E-state index in [2.05, 4.69) is 11.4 Å². The average molecular weight is 308 g/mol. The van der Waals surface area contributed by atoms with Crippen LogP contribution in [-0.2, 0) is 4.74 Å². The number of benzene rings is 2. The fraction of sp³-hybridized carbons (Fsp3) is 0.368. The summed E-state index contributed by atoms with van der Waals surface area (Å²) in [5, 5.41) is 14.4. The van der Waals surface area contributed by atoms with Crippen molar-refractivity contribution in [3.05, 3.63) is 48.0 Å². The first kappa shape index (κ1) is 15.4. The summed E-state index contributed by atoms with van der Waals surface area (Å²) in [4.78, 5) is 12.0. The van der Waals surface area contributed by atoms with Gasteiger partial charge in [0.25, 0.3) is 0 Å². The summed E-state index contributed by atoms with van der Waals surface area (Å²) in [6.45, 7) is 0. The zero-order chi connectivity index (χ0) is 16.1. The van der Waals surface area contributed by atoms with Crippen LogP contribution < -0.4 is 5.32 Å². The molecule has 1 N–H and O–H groups in total. The molecule has 2 aromatic rings. The van der Waals surface area contributed by atoms with Crippen LogP contribution in [0.2, 0.25) is 0 Å². The lowest BCUT2D eigenvalue weighted by Crippen LogP contribution is -2.37. The maximum Gasteiger partial charge on any atom is 0.409 e. The zero-order valence-electron chi connectivity index (χ0n) is 13.0. The number of hydrogen-bond donors (Lipinski definition) is 1. The van der Waals surface area contributed by atoms with Gasteiger partial charge in [0.05, 0.1) is 0 Å². The topological polar surface area (TPSA) is 62.1 Å². The second kappa shape index (κ2) is 7.15. The molecular weight excluding hydrogens is 288 g/mol. The lowest BCUT2D eigenvalue weighted by atomic mass is 9.96. The first-order chi connectivity index (χ1) is 11.3. The number of nitriles is 1. The van der Waals surface area contributed by atoms with Gasteiger partial charge < -0.3 is 10.1 Å². The summed E-state index contributed by atoms with van der Waals surface area (Å²) in [5.74, 6) is 0. The highest BCUT2D eigenvalue weighted by atomic mass is 16.6. The summed E-state index contributed by atoms with van der Waals surface area (Å²) < 4.78 is 5.33. The Bertz CT molecular complexity index is 729. The summed E-state index contributed by atoms with van der Waals surface area (Å²) in [6.07, 6.45) is 4.09. The highest BCUT2D eigenvalue weighted by molar-refractivity contribution is 5.83. The molecule has 1 aliphatic carbocycles. The Morgan fingerprint density at radius 2 is 1.87 bits per heavy atom. The minimum atomic E-state index is -0.886. The Balaban J connectivity index is 1.68. The molecule has 0 spiro atoms. The van der Waals surface area contributed by atoms with Crippen LogP contribution in [0.5, 0.6) is 0 Å². The van der Waals surface area contributed by atoms with Gasteiger partial charge in [0, 0.05) is 11.6 Å². The number of fused-ring (bicyclic) bond motifs is 1. The predicted octanol–water partition coefficient (Wildman–Crippen LogP) is 4.46. The highest BCUT2D eigenvalue weighted by Crippen LogP contribution is 2.23. The third kappa shape index (κ3) is 3.81. The van der Waals surface area contributed by atoms with E-state index in [-0.39, 0.29) is 6.04 Å².